The number of phenols is 1. The summed E-state index contributed by atoms with van der Waals surface area (Å²) in [6.07, 6.45) is 0. The lowest BCUT2D eigenvalue weighted by molar-refractivity contribution is -0.153. The van der Waals surface area contributed by atoms with Crippen molar-refractivity contribution in [2.45, 2.75) is 12.8 Å². The molecule has 142 valence electrons. The van der Waals surface area contributed by atoms with Gasteiger partial charge in [0.05, 0.1) is 5.92 Å². The Morgan fingerprint density at radius 1 is 1.00 bits per heavy atom. The molecule has 1 aliphatic heterocycles. The first-order valence-corrected chi connectivity index (χ1v) is 9.08. The molecule has 3 rings (SSSR count). The van der Waals surface area contributed by atoms with Crippen LogP contribution in [-0.2, 0) is 14.3 Å². The molecule has 1 aliphatic rings. The Hall–Kier alpha value is -3.02. The second kappa shape index (κ2) is 8.58. The molecule has 6 heteroatoms. The molecule has 27 heavy (non-hydrogen) atoms. The normalized spacial score (nSPS) is 15.3. The molecule has 1 N–H and O–H groups in total. The summed E-state index contributed by atoms with van der Waals surface area (Å²) in [7, 11) is 0. The number of amides is 1. The fourth-order valence-corrected chi connectivity index (χ4v) is 3.10. The number of nitrogens with zero attached hydrogens (tertiary/aromatic N) is 2. The lowest BCUT2D eigenvalue weighted by Gasteiger charge is -2.36. The van der Waals surface area contributed by atoms with E-state index in [0.29, 0.717) is 13.1 Å². The number of hydrogen-bond acceptors (Lipinski definition) is 5. The molecule has 1 heterocycles. The standard InChI is InChI=1S/C21H24N2O4/c1-16(17-7-9-19(24)10-8-17)21(26)27-15-20(25)23-13-11-22(12-14-23)18-5-3-2-4-6-18/h2-10,16,24H,11-15H2,1H3. The number of hydrogen-bond donors (Lipinski definition) is 1. The van der Waals surface area contributed by atoms with Gasteiger partial charge in [-0.25, -0.2) is 0 Å². The van der Waals surface area contributed by atoms with Crippen molar-refractivity contribution in [2.24, 2.45) is 0 Å². The number of phenolic OH excluding ortho intramolecular Hbond substituents is 1. The number of ether oxygens (including phenoxy) is 1. The van der Waals surface area contributed by atoms with Gasteiger partial charge in [-0.2, -0.15) is 0 Å². The molecule has 0 aromatic heterocycles. The minimum Gasteiger partial charge on any atom is -0.508 e. The molecule has 6 nitrogen and oxygen atoms in total. The number of carbonyl (C=O) groups excluding carboxylic acids is 2. The molecular formula is C21H24N2O4. The van der Waals surface area contributed by atoms with E-state index >= 15 is 0 Å². The van der Waals surface area contributed by atoms with Crippen molar-refractivity contribution < 1.29 is 19.4 Å². The monoisotopic (exact) mass is 368 g/mol. The summed E-state index contributed by atoms with van der Waals surface area (Å²) in [5, 5.41) is 9.32. The molecule has 0 aliphatic carbocycles. The predicted molar refractivity (Wildman–Crippen MR) is 103 cm³/mol. The summed E-state index contributed by atoms with van der Waals surface area (Å²) in [5.74, 6) is -0.969. The van der Waals surface area contributed by atoms with Crippen molar-refractivity contribution in [3.8, 4) is 5.75 Å². The fourth-order valence-electron chi connectivity index (χ4n) is 3.10. The van der Waals surface area contributed by atoms with Crippen molar-refractivity contribution in [1.82, 2.24) is 4.90 Å². The fraction of sp³-hybridized carbons (Fsp3) is 0.333. The zero-order valence-corrected chi connectivity index (χ0v) is 15.4. The van der Waals surface area contributed by atoms with E-state index in [1.54, 1.807) is 24.0 Å². The molecule has 2 aromatic rings. The maximum absolute atomic E-state index is 12.3. The largest absolute Gasteiger partial charge is 0.508 e. The van der Waals surface area contributed by atoms with Crippen molar-refractivity contribution in [3.63, 3.8) is 0 Å². The van der Waals surface area contributed by atoms with E-state index in [2.05, 4.69) is 17.0 Å². The minimum atomic E-state index is -0.492. The number of piperazine rings is 1. The van der Waals surface area contributed by atoms with Crippen LogP contribution < -0.4 is 4.90 Å². The Labute approximate surface area is 159 Å². The highest BCUT2D eigenvalue weighted by Crippen LogP contribution is 2.20. The van der Waals surface area contributed by atoms with Crippen LogP contribution in [0.5, 0.6) is 5.75 Å². The number of esters is 1. The van der Waals surface area contributed by atoms with E-state index in [-0.39, 0.29) is 18.3 Å². The second-order valence-corrected chi connectivity index (χ2v) is 6.62. The Balaban J connectivity index is 1.45. The molecule has 1 amide bonds. The van der Waals surface area contributed by atoms with Crippen molar-refractivity contribution in [2.75, 3.05) is 37.7 Å². The van der Waals surface area contributed by atoms with Crippen LogP contribution in [-0.4, -0.2) is 54.7 Å². The van der Waals surface area contributed by atoms with Gasteiger partial charge in [0.25, 0.3) is 5.91 Å². The maximum atomic E-state index is 12.3. The quantitative estimate of drug-likeness (QED) is 0.821. The van der Waals surface area contributed by atoms with E-state index in [4.69, 9.17) is 4.74 Å². The Kier molecular flexibility index (Phi) is 5.96. The van der Waals surface area contributed by atoms with Gasteiger partial charge in [-0.15, -0.1) is 0 Å². The molecule has 0 spiro atoms. The molecule has 1 atom stereocenters. The number of carbonyl (C=O) groups is 2. The van der Waals surface area contributed by atoms with Gasteiger partial charge in [0.15, 0.2) is 6.61 Å². The molecule has 1 unspecified atom stereocenters. The van der Waals surface area contributed by atoms with Gasteiger partial charge in [0, 0.05) is 31.9 Å². The summed E-state index contributed by atoms with van der Waals surface area (Å²) < 4.78 is 5.21. The van der Waals surface area contributed by atoms with Crippen molar-refractivity contribution >= 4 is 17.6 Å². The number of rotatable bonds is 5. The van der Waals surface area contributed by atoms with Gasteiger partial charge in [0.1, 0.15) is 5.75 Å². The predicted octanol–water partition coefficient (Wildman–Crippen LogP) is 2.39. The third-order valence-corrected chi connectivity index (χ3v) is 4.84. The van der Waals surface area contributed by atoms with Gasteiger partial charge in [-0.3, -0.25) is 9.59 Å². The molecule has 0 bridgehead atoms. The van der Waals surface area contributed by atoms with Gasteiger partial charge in [0.2, 0.25) is 0 Å². The summed E-state index contributed by atoms with van der Waals surface area (Å²) in [6.45, 7) is 4.21. The summed E-state index contributed by atoms with van der Waals surface area (Å²) >= 11 is 0. The van der Waals surface area contributed by atoms with Crippen LogP contribution in [0.15, 0.2) is 54.6 Å². The Morgan fingerprint density at radius 3 is 2.26 bits per heavy atom. The zero-order valence-electron chi connectivity index (χ0n) is 15.4. The first kappa shape index (κ1) is 18.8. The van der Waals surface area contributed by atoms with Crippen LogP contribution >= 0.6 is 0 Å². The van der Waals surface area contributed by atoms with E-state index in [9.17, 15) is 14.7 Å². The number of benzene rings is 2. The van der Waals surface area contributed by atoms with Crippen LogP contribution in [0, 0.1) is 0 Å². The van der Waals surface area contributed by atoms with Crippen LogP contribution in [0.4, 0.5) is 5.69 Å². The van der Waals surface area contributed by atoms with E-state index in [0.717, 1.165) is 24.3 Å². The Morgan fingerprint density at radius 2 is 1.63 bits per heavy atom. The van der Waals surface area contributed by atoms with Crippen LogP contribution in [0.3, 0.4) is 0 Å². The number of para-hydroxylation sites is 1. The molecule has 1 saturated heterocycles. The minimum absolute atomic E-state index is 0.143. The highest BCUT2D eigenvalue weighted by atomic mass is 16.5. The molecular weight excluding hydrogens is 344 g/mol. The topological polar surface area (TPSA) is 70.1 Å². The molecule has 0 saturated carbocycles. The number of anilines is 1. The lowest BCUT2D eigenvalue weighted by Crippen LogP contribution is -2.50. The van der Waals surface area contributed by atoms with Crippen LogP contribution in [0.25, 0.3) is 0 Å². The average molecular weight is 368 g/mol. The van der Waals surface area contributed by atoms with E-state index in [1.807, 2.05) is 18.2 Å². The lowest BCUT2D eigenvalue weighted by atomic mass is 10.0. The number of aromatic hydroxyl groups is 1. The average Bonchev–Trinajstić information content (AvgIpc) is 2.72. The Bertz CT molecular complexity index is 769. The van der Waals surface area contributed by atoms with Crippen molar-refractivity contribution in [3.05, 3.63) is 60.2 Å². The zero-order chi connectivity index (χ0) is 19.2. The summed E-state index contributed by atoms with van der Waals surface area (Å²) in [6, 6.07) is 16.5. The maximum Gasteiger partial charge on any atom is 0.313 e. The van der Waals surface area contributed by atoms with Gasteiger partial charge in [-0.1, -0.05) is 30.3 Å². The highest BCUT2D eigenvalue weighted by Gasteiger charge is 2.23. The van der Waals surface area contributed by atoms with Crippen LogP contribution in [0.1, 0.15) is 18.4 Å². The summed E-state index contributed by atoms with van der Waals surface area (Å²) in [5.41, 5.74) is 1.89. The highest BCUT2D eigenvalue weighted by molar-refractivity contribution is 5.83. The van der Waals surface area contributed by atoms with Crippen molar-refractivity contribution in [1.29, 1.82) is 0 Å². The van der Waals surface area contributed by atoms with Crippen LogP contribution in [0.2, 0.25) is 0 Å². The second-order valence-electron chi connectivity index (χ2n) is 6.62. The smallest absolute Gasteiger partial charge is 0.313 e. The first-order chi connectivity index (χ1) is 13.0. The van der Waals surface area contributed by atoms with Gasteiger partial charge < -0.3 is 19.6 Å². The van der Waals surface area contributed by atoms with Gasteiger partial charge >= 0.3 is 5.97 Å². The van der Waals surface area contributed by atoms with E-state index < -0.39 is 11.9 Å². The first-order valence-electron chi connectivity index (χ1n) is 9.08. The van der Waals surface area contributed by atoms with E-state index in [1.165, 1.54) is 12.1 Å². The summed E-state index contributed by atoms with van der Waals surface area (Å²) in [4.78, 5) is 28.5. The third kappa shape index (κ3) is 4.78. The molecule has 1 fully saturated rings. The SMILES string of the molecule is CC(C(=O)OCC(=O)N1CCN(c2ccccc2)CC1)c1ccc(O)cc1. The molecule has 0 radical (unpaired) electrons. The molecule has 2 aromatic carbocycles. The van der Waals surface area contributed by atoms with Gasteiger partial charge in [-0.05, 0) is 36.8 Å². The third-order valence-electron chi connectivity index (χ3n) is 4.84.